The molecule has 0 fully saturated rings. The van der Waals surface area contributed by atoms with Gasteiger partial charge in [-0.1, -0.05) is 42.5 Å². The lowest BCUT2D eigenvalue weighted by Gasteiger charge is -2.08. The minimum atomic E-state index is -3.54. The number of primary sulfonamides is 1. The maximum absolute atomic E-state index is 11.7. The molecule has 0 unspecified atom stereocenters. The number of para-hydroxylation sites is 1. The SMILES string of the molecule is NS(=O)(=O)Cc1ccc(CNC(=O)COc2ccccc2)cc1. The van der Waals surface area contributed by atoms with E-state index >= 15 is 0 Å². The second kappa shape index (κ2) is 7.75. The van der Waals surface area contributed by atoms with Crippen LogP contribution in [-0.4, -0.2) is 20.9 Å². The number of ether oxygens (including phenoxy) is 1. The predicted molar refractivity (Wildman–Crippen MR) is 87.0 cm³/mol. The van der Waals surface area contributed by atoms with Crippen molar-refractivity contribution in [1.29, 1.82) is 0 Å². The standard InChI is InChI=1S/C16H18N2O4S/c17-23(20,21)12-14-8-6-13(7-9-14)10-18-16(19)11-22-15-4-2-1-3-5-15/h1-9H,10-12H2,(H,18,19)(H2,17,20,21). The first kappa shape index (κ1) is 17.0. The Morgan fingerprint density at radius 2 is 1.61 bits per heavy atom. The van der Waals surface area contributed by atoms with E-state index in [0.717, 1.165) is 5.56 Å². The van der Waals surface area contributed by atoms with Crippen LogP contribution in [0.15, 0.2) is 54.6 Å². The van der Waals surface area contributed by atoms with Gasteiger partial charge >= 0.3 is 0 Å². The number of hydrogen-bond donors (Lipinski definition) is 2. The molecule has 7 heteroatoms. The van der Waals surface area contributed by atoms with Crippen LogP contribution in [0, 0.1) is 0 Å². The Labute approximate surface area is 135 Å². The van der Waals surface area contributed by atoms with E-state index < -0.39 is 10.0 Å². The normalized spacial score (nSPS) is 11.0. The topological polar surface area (TPSA) is 98.5 Å². The Morgan fingerprint density at radius 3 is 2.22 bits per heavy atom. The molecule has 0 saturated carbocycles. The molecule has 2 aromatic rings. The maximum atomic E-state index is 11.7. The van der Waals surface area contributed by atoms with Crippen molar-refractivity contribution >= 4 is 15.9 Å². The molecule has 0 heterocycles. The lowest BCUT2D eigenvalue weighted by molar-refractivity contribution is -0.123. The van der Waals surface area contributed by atoms with Gasteiger partial charge in [-0.05, 0) is 23.3 Å². The second-order valence-electron chi connectivity index (χ2n) is 5.00. The van der Waals surface area contributed by atoms with Crippen LogP contribution >= 0.6 is 0 Å². The van der Waals surface area contributed by atoms with Crippen LogP contribution < -0.4 is 15.2 Å². The van der Waals surface area contributed by atoms with E-state index in [2.05, 4.69) is 5.32 Å². The molecule has 23 heavy (non-hydrogen) atoms. The van der Waals surface area contributed by atoms with Crippen molar-refractivity contribution in [2.75, 3.05) is 6.61 Å². The van der Waals surface area contributed by atoms with Crippen LogP contribution in [0.2, 0.25) is 0 Å². The molecule has 0 aliphatic rings. The summed E-state index contributed by atoms with van der Waals surface area (Å²) in [4.78, 5) is 11.7. The van der Waals surface area contributed by atoms with E-state index in [1.54, 1.807) is 36.4 Å². The van der Waals surface area contributed by atoms with Crippen LogP contribution in [-0.2, 0) is 27.1 Å². The van der Waals surface area contributed by atoms with Crippen LogP contribution in [0.3, 0.4) is 0 Å². The third-order valence-electron chi connectivity index (χ3n) is 2.99. The Hall–Kier alpha value is -2.38. The van der Waals surface area contributed by atoms with Crippen molar-refractivity contribution in [1.82, 2.24) is 5.32 Å². The number of benzene rings is 2. The highest BCUT2D eigenvalue weighted by Gasteiger charge is 2.06. The Morgan fingerprint density at radius 1 is 1.00 bits per heavy atom. The number of nitrogens with one attached hydrogen (secondary N) is 1. The van der Waals surface area contributed by atoms with Gasteiger partial charge in [0.2, 0.25) is 10.0 Å². The average Bonchev–Trinajstić information content (AvgIpc) is 2.52. The molecule has 0 atom stereocenters. The number of hydrogen-bond acceptors (Lipinski definition) is 4. The number of carbonyl (C=O) groups is 1. The highest BCUT2D eigenvalue weighted by atomic mass is 32.2. The fourth-order valence-corrected chi connectivity index (χ4v) is 2.56. The van der Waals surface area contributed by atoms with Gasteiger partial charge in [0.15, 0.2) is 6.61 Å². The molecule has 0 saturated heterocycles. The third-order valence-corrected chi connectivity index (χ3v) is 3.73. The lowest BCUT2D eigenvalue weighted by atomic mass is 10.1. The third kappa shape index (κ3) is 6.50. The molecule has 0 aliphatic carbocycles. The Balaban J connectivity index is 1.78. The summed E-state index contributed by atoms with van der Waals surface area (Å²) < 4.78 is 27.3. The lowest BCUT2D eigenvalue weighted by Crippen LogP contribution is -2.28. The van der Waals surface area contributed by atoms with Gasteiger partial charge in [0.05, 0.1) is 5.75 Å². The van der Waals surface area contributed by atoms with E-state index in [4.69, 9.17) is 9.88 Å². The second-order valence-corrected chi connectivity index (χ2v) is 6.62. The largest absolute Gasteiger partial charge is 0.484 e. The van der Waals surface area contributed by atoms with E-state index in [9.17, 15) is 13.2 Å². The number of amides is 1. The first-order valence-electron chi connectivity index (χ1n) is 6.95. The van der Waals surface area contributed by atoms with Gasteiger partial charge in [0.25, 0.3) is 5.91 Å². The van der Waals surface area contributed by atoms with Gasteiger partial charge < -0.3 is 10.1 Å². The molecule has 2 rings (SSSR count). The van der Waals surface area contributed by atoms with Crippen molar-refractivity contribution < 1.29 is 17.9 Å². The highest BCUT2D eigenvalue weighted by Crippen LogP contribution is 2.08. The van der Waals surface area contributed by atoms with Gasteiger partial charge in [0, 0.05) is 6.54 Å². The van der Waals surface area contributed by atoms with Gasteiger partial charge in [-0.3, -0.25) is 4.79 Å². The van der Waals surface area contributed by atoms with Crippen molar-refractivity contribution in [2.24, 2.45) is 5.14 Å². The zero-order valence-electron chi connectivity index (χ0n) is 12.4. The van der Waals surface area contributed by atoms with Crippen molar-refractivity contribution in [3.05, 3.63) is 65.7 Å². The molecule has 0 aromatic heterocycles. The molecular formula is C16H18N2O4S. The number of carbonyl (C=O) groups excluding carboxylic acids is 1. The predicted octanol–water partition coefficient (Wildman–Crippen LogP) is 1.17. The molecule has 122 valence electrons. The van der Waals surface area contributed by atoms with E-state index in [1.807, 2.05) is 18.2 Å². The summed E-state index contributed by atoms with van der Waals surface area (Å²) >= 11 is 0. The summed E-state index contributed by atoms with van der Waals surface area (Å²) in [5.41, 5.74) is 1.46. The maximum Gasteiger partial charge on any atom is 0.258 e. The van der Waals surface area contributed by atoms with E-state index in [-0.39, 0.29) is 18.3 Å². The average molecular weight is 334 g/mol. The summed E-state index contributed by atoms with van der Waals surface area (Å²) in [6.07, 6.45) is 0. The Kier molecular flexibility index (Phi) is 5.72. The fourth-order valence-electron chi connectivity index (χ4n) is 1.90. The van der Waals surface area contributed by atoms with Gasteiger partial charge in [-0.25, -0.2) is 13.6 Å². The molecule has 0 aliphatic heterocycles. The quantitative estimate of drug-likeness (QED) is 0.794. The molecule has 0 bridgehead atoms. The van der Waals surface area contributed by atoms with Crippen molar-refractivity contribution in [3.63, 3.8) is 0 Å². The highest BCUT2D eigenvalue weighted by molar-refractivity contribution is 7.88. The summed E-state index contributed by atoms with van der Waals surface area (Å²) in [7, 11) is -3.54. The Bertz CT molecular complexity index is 743. The molecule has 3 N–H and O–H groups in total. The minimum absolute atomic E-state index is 0.0620. The number of rotatable bonds is 7. The zero-order valence-corrected chi connectivity index (χ0v) is 13.3. The molecular weight excluding hydrogens is 316 g/mol. The smallest absolute Gasteiger partial charge is 0.258 e. The summed E-state index contributed by atoms with van der Waals surface area (Å²) in [6.45, 7) is 0.278. The number of nitrogens with two attached hydrogens (primary N) is 1. The summed E-state index contributed by atoms with van der Waals surface area (Å²) in [6, 6.07) is 15.9. The van der Waals surface area contributed by atoms with Crippen molar-refractivity contribution in [2.45, 2.75) is 12.3 Å². The summed E-state index contributed by atoms with van der Waals surface area (Å²) in [5, 5.41) is 7.72. The molecule has 2 aromatic carbocycles. The monoisotopic (exact) mass is 334 g/mol. The van der Waals surface area contributed by atoms with Gasteiger partial charge in [0.1, 0.15) is 5.75 Å². The molecule has 1 amide bonds. The molecule has 6 nitrogen and oxygen atoms in total. The van der Waals surface area contributed by atoms with E-state index in [0.29, 0.717) is 17.9 Å². The van der Waals surface area contributed by atoms with Crippen LogP contribution in [0.25, 0.3) is 0 Å². The van der Waals surface area contributed by atoms with Crippen LogP contribution in [0.1, 0.15) is 11.1 Å². The molecule has 0 spiro atoms. The van der Waals surface area contributed by atoms with Gasteiger partial charge in [-0.2, -0.15) is 0 Å². The minimum Gasteiger partial charge on any atom is -0.484 e. The number of sulfonamides is 1. The van der Waals surface area contributed by atoms with E-state index in [1.165, 1.54) is 0 Å². The first-order chi connectivity index (χ1) is 10.9. The van der Waals surface area contributed by atoms with Gasteiger partial charge in [-0.15, -0.1) is 0 Å². The van der Waals surface area contributed by atoms with Crippen LogP contribution in [0.4, 0.5) is 0 Å². The fraction of sp³-hybridized carbons (Fsp3) is 0.188. The van der Waals surface area contributed by atoms with Crippen LogP contribution in [0.5, 0.6) is 5.75 Å². The van der Waals surface area contributed by atoms with Crippen molar-refractivity contribution in [3.8, 4) is 5.75 Å². The first-order valence-corrected chi connectivity index (χ1v) is 8.67. The zero-order chi connectivity index (χ0) is 16.7. The molecule has 0 radical (unpaired) electrons. The summed E-state index contributed by atoms with van der Waals surface area (Å²) in [5.74, 6) is 0.197.